The molecule has 1 atom stereocenters. The highest BCUT2D eigenvalue weighted by molar-refractivity contribution is 5.30. The standard InChI is InChI=1S/C16H18F2N2O/c1-11-5-4-8-19-15(11)10-20-12(2)13-6-3-7-14(9-13)21-16(17)18/h3-9,12,16,20H,10H2,1-2H3. The van der Waals surface area contributed by atoms with Crippen molar-refractivity contribution in [1.82, 2.24) is 10.3 Å². The first-order chi connectivity index (χ1) is 10.1. The molecule has 0 aliphatic heterocycles. The molecule has 3 nitrogen and oxygen atoms in total. The molecular formula is C16H18F2N2O. The first-order valence-electron chi connectivity index (χ1n) is 6.75. The number of hydrogen-bond acceptors (Lipinski definition) is 3. The number of aryl methyl sites for hydroxylation is 1. The Morgan fingerprint density at radius 2 is 2.05 bits per heavy atom. The molecule has 0 aliphatic carbocycles. The van der Waals surface area contributed by atoms with Gasteiger partial charge in [0, 0.05) is 18.8 Å². The summed E-state index contributed by atoms with van der Waals surface area (Å²) in [6.45, 7) is 1.79. The van der Waals surface area contributed by atoms with Crippen molar-refractivity contribution >= 4 is 0 Å². The summed E-state index contributed by atoms with van der Waals surface area (Å²) in [6.07, 6.45) is 1.76. The Bertz CT molecular complexity index is 590. The summed E-state index contributed by atoms with van der Waals surface area (Å²) in [7, 11) is 0. The number of hydrogen-bond donors (Lipinski definition) is 1. The number of alkyl halides is 2. The highest BCUT2D eigenvalue weighted by Gasteiger charge is 2.09. The Morgan fingerprint density at radius 1 is 1.24 bits per heavy atom. The first kappa shape index (κ1) is 15.4. The van der Waals surface area contributed by atoms with E-state index in [4.69, 9.17) is 0 Å². The van der Waals surface area contributed by atoms with Crippen LogP contribution < -0.4 is 10.1 Å². The molecule has 2 aromatic rings. The fourth-order valence-corrected chi connectivity index (χ4v) is 2.03. The van der Waals surface area contributed by atoms with Crippen LogP contribution in [0.4, 0.5) is 8.78 Å². The molecule has 0 radical (unpaired) electrons. The van der Waals surface area contributed by atoms with E-state index in [0.29, 0.717) is 6.54 Å². The summed E-state index contributed by atoms with van der Waals surface area (Å²) < 4.78 is 28.9. The predicted octanol–water partition coefficient (Wildman–Crippen LogP) is 3.84. The molecule has 1 aromatic carbocycles. The molecule has 1 heterocycles. The summed E-state index contributed by atoms with van der Waals surface area (Å²) in [5, 5.41) is 3.33. The topological polar surface area (TPSA) is 34.2 Å². The minimum atomic E-state index is -2.81. The van der Waals surface area contributed by atoms with Crippen molar-refractivity contribution < 1.29 is 13.5 Å². The van der Waals surface area contributed by atoms with E-state index in [1.54, 1.807) is 18.3 Å². The van der Waals surface area contributed by atoms with Crippen LogP contribution in [0.5, 0.6) is 5.75 Å². The highest BCUT2D eigenvalue weighted by Crippen LogP contribution is 2.21. The number of ether oxygens (including phenoxy) is 1. The third-order valence-corrected chi connectivity index (χ3v) is 3.28. The Hall–Kier alpha value is -2.01. The lowest BCUT2D eigenvalue weighted by Crippen LogP contribution is -2.19. The molecule has 2 rings (SSSR count). The Labute approximate surface area is 123 Å². The number of aromatic nitrogens is 1. The van der Waals surface area contributed by atoms with Gasteiger partial charge in [-0.15, -0.1) is 0 Å². The number of halogens is 2. The van der Waals surface area contributed by atoms with Gasteiger partial charge in [0.1, 0.15) is 5.75 Å². The molecule has 1 N–H and O–H groups in total. The molecule has 0 amide bonds. The molecule has 21 heavy (non-hydrogen) atoms. The fourth-order valence-electron chi connectivity index (χ4n) is 2.03. The van der Waals surface area contributed by atoms with Crippen LogP contribution in [0.2, 0.25) is 0 Å². The van der Waals surface area contributed by atoms with E-state index in [9.17, 15) is 8.78 Å². The maximum Gasteiger partial charge on any atom is 0.387 e. The van der Waals surface area contributed by atoms with E-state index >= 15 is 0 Å². The number of nitrogens with zero attached hydrogens (tertiary/aromatic N) is 1. The minimum Gasteiger partial charge on any atom is -0.435 e. The summed E-state index contributed by atoms with van der Waals surface area (Å²) in [4.78, 5) is 4.31. The van der Waals surface area contributed by atoms with Gasteiger partial charge < -0.3 is 10.1 Å². The first-order valence-corrected chi connectivity index (χ1v) is 6.75. The van der Waals surface area contributed by atoms with Crippen LogP contribution in [-0.4, -0.2) is 11.6 Å². The van der Waals surface area contributed by atoms with Crippen LogP contribution in [0.25, 0.3) is 0 Å². The van der Waals surface area contributed by atoms with Crippen LogP contribution in [0.3, 0.4) is 0 Å². The number of rotatable bonds is 6. The zero-order valence-electron chi connectivity index (χ0n) is 12.0. The zero-order valence-corrected chi connectivity index (χ0v) is 12.0. The van der Waals surface area contributed by atoms with Gasteiger partial charge >= 0.3 is 6.61 Å². The van der Waals surface area contributed by atoms with Gasteiger partial charge in [-0.05, 0) is 43.2 Å². The normalized spacial score (nSPS) is 12.4. The lowest BCUT2D eigenvalue weighted by atomic mass is 10.1. The van der Waals surface area contributed by atoms with Gasteiger partial charge in [-0.3, -0.25) is 4.98 Å². The van der Waals surface area contributed by atoms with Crippen LogP contribution >= 0.6 is 0 Å². The van der Waals surface area contributed by atoms with E-state index in [1.807, 2.05) is 32.0 Å². The monoisotopic (exact) mass is 292 g/mol. The molecule has 0 saturated heterocycles. The van der Waals surface area contributed by atoms with Crippen molar-refractivity contribution in [2.75, 3.05) is 0 Å². The van der Waals surface area contributed by atoms with Gasteiger partial charge in [0.15, 0.2) is 0 Å². The highest BCUT2D eigenvalue weighted by atomic mass is 19.3. The van der Waals surface area contributed by atoms with Gasteiger partial charge in [-0.1, -0.05) is 18.2 Å². The third kappa shape index (κ3) is 4.49. The van der Waals surface area contributed by atoms with Crippen molar-refractivity contribution in [3.63, 3.8) is 0 Å². The summed E-state index contributed by atoms with van der Waals surface area (Å²) in [5.41, 5.74) is 2.98. The van der Waals surface area contributed by atoms with E-state index in [2.05, 4.69) is 15.0 Å². The second-order valence-corrected chi connectivity index (χ2v) is 4.82. The van der Waals surface area contributed by atoms with E-state index in [0.717, 1.165) is 16.8 Å². The van der Waals surface area contributed by atoms with Crippen molar-refractivity contribution in [2.45, 2.75) is 33.0 Å². The number of nitrogens with one attached hydrogen (secondary N) is 1. The van der Waals surface area contributed by atoms with Gasteiger partial charge in [0.25, 0.3) is 0 Å². The average molecular weight is 292 g/mol. The maximum absolute atomic E-state index is 12.2. The molecule has 1 aromatic heterocycles. The number of pyridine rings is 1. The molecule has 0 saturated carbocycles. The van der Waals surface area contributed by atoms with Crippen molar-refractivity contribution in [3.05, 3.63) is 59.4 Å². The zero-order chi connectivity index (χ0) is 15.2. The Kier molecular flexibility index (Phi) is 5.22. The molecule has 112 valence electrons. The fraction of sp³-hybridized carbons (Fsp3) is 0.312. The largest absolute Gasteiger partial charge is 0.435 e. The van der Waals surface area contributed by atoms with Crippen molar-refractivity contribution in [3.8, 4) is 5.75 Å². The van der Waals surface area contributed by atoms with Crippen LogP contribution in [0.1, 0.15) is 29.8 Å². The predicted molar refractivity (Wildman–Crippen MR) is 77.3 cm³/mol. The molecule has 1 unspecified atom stereocenters. The van der Waals surface area contributed by atoms with E-state index in [1.165, 1.54) is 6.07 Å². The third-order valence-electron chi connectivity index (χ3n) is 3.28. The maximum atomic E-state index is 12.2. The van der Waals surface area contributed by atoms with Crippen LogP contribution in [0, 0.1) is 6.92 Å². The minimum absolute atomic E-state index is 0.00706. The van der Waals surface area contributed by atoms with Gasteiger partial charge in [0.05, 0.1) is 5.69 Å². The molecule has 0 bridgehead atoms. The second kappa shape index (κ2) is 7.13. The van der Waals surface area contributed by atoms with Gasteiger partial charge in [-0.2, -0.15) is 8.78 Å². The van der Waals surface area contributed by atoms with Crippen LogP contribution in [0.15, 0.2) is 42.6 Å². The molecule has 0 fully saturated rings. The summed E-state index contributed by atoms with van der Waals surface area (Å²) in [5.74, 6) is 0.171. The average Bonchev–Trinajstić information content (AvgIpc) is 2.45. The molecule has 0 spiro atoms. The SMILES string of the molecule is Cc1cccnc1CNC(C)c1cccc(OC(F)F)c1. The van der Waals surface area contributed by atoms with Crippen molar-refractivity contribution in [2.24, 2.45) is 0 Å². The lowest BCUT2D eigenvalue weighted by Gasteiger charge is -2.16. The molecule has 5 heteroatoms. The smallest absolute Gasteiger partial charge is 0.387 e. The summed E-state index contributed by atoms with van der Waals surface area (Å²) in [6, 6.07) is 10.6. The Balaban J connectivity index is 2.00. The van der Waals surface area contributed by atoms with Gasteiger partial charge in [0.2, 0.25) is 0 Å². The summed E-state index contributed by atoms with van der Waals surface area (Å²) >= 11 is 0. The quantitative estimate of drug-likeness (QED) is 0.878. The second-order valence-electron chi connectivity index (χ2n) is 4.82. The Morgan fingerprint density at radius 3 is 2.76 bits per heavy atom. The molecular weight excluding hydrogens is 274 g/mol. The van der Waals surface area contributed by atoms with E-state index < -0.39 is 6.61 Å². The van der Waals surface area contributed by atoms with E-state index in [-0.39, 0.29) is 11.8 Å². The number of benzene rings is 1. The molecule has 0 aliphatic rings. The lowest BCUT2D eigenvalue weighted by molar-refractivity contribution is -0.0499. The van der Waals surface area contributed by atoms with Gasteiger partial charge in [-0.25, -0.2) is 0 Å². The van der Waals surface area contributed by atoms with Crippen LogP contribution in [-0.2, 0) is 6.54 Å². The van der Waals surface area contributed by atoms with Crippen molar-refractivity contribution in [1.29, 1.82) is 0 Å².